The Morgan fingerprint density at radius 2 is 1.94 bits per heavy atom. The summed E-state index contributed by atoms with van der Waals surface area (Å²) < 4.78 is 20.2. The molecule has 1 saturated carbocycles. The molecule has 0 atom stereocenters. The van der Waals surface area contributed by atoms with Gasteiger partial charge < -0.3 is 4.74 Å². The molecule has 2 amide bonds. The summed E-state index contributed by atoms with van der Waals surface area (Å²) in [5, 5.41) is -0.209. The van der Waals surface area contributed by atoms with Gasteiger partial charge in [0.25, 0.3) is 11.1 Å². The summed E-state index contributed by atoms with van der Waals surface area (Å²) in [6, 6.07) is 11.7. The fourth-order valence-corrected chi connectivity index (χ4v) is 5.20. The van der Waals surface area contributed by atoms with E-state index in [1.54, 1.807) is 24.3 Å². The number of benzene rings is 2. The topological polar surface area (TPSA) is 46.6 Å². The van der Waals surface area contributed by atoms with Gasteiger partial charge in [-0.1, -0.05) is 47.3 Å². The van der Waals surface area contributed by atoms with Gasteiger partial charge in [0.2, 0.25) is 0 Å². The third-order valence-electron chi connectivity index (χ3n) is 5.58. The standard InChI is InChI=1S/C24H23BrFNO3S/c25-19-9-10-21(30-15-17-7-4-8-20(26)11-17)18(12-19)13-22-23(28)27(24(29)31-22)14-16-5-2-1-3-6-16/h4,7-13,16H,1-3,5-6,14-15H2/b22-13+. The number of carbonyl (C=O) groups excluding carboxylic acids is 2. The Hall–Kier alpha value is -2.12. The minimum atomic E-state index is -0.316. The number of hydrogen-bond acceptors (Lipinski definition) is 4. The fourth-order valence-electron chi connectivity index (χ4n) is 3.98. The van der Waals surface area contributed by atoms with E-state index in [-0.39, 0.29) is 23.6 Å². The molecule has 1 heterocycles. The first-order valence-corrected chi connectivity index (χ1v) is 12.0. The fraction of sp³-hybridized carbons (Fsp3) is 0.333. The molecule has 1 aliphatic heterocycles. The molecule has 2 aromatic carbocycles. The molecule has 4 nitrogen and oxygen atoms in total. The number of rotatable bonds is 6. The Balaban J connectivity index is 1.51. The molecular weight excluding hydrogens is 481 g/mol. The molecule has 31 heavy (non-hydrogen) atoms. The first-order valence-electron chi connectivity index (χ1n) is 10.4. The van der Waals surface area contributed by atoms with E-state index in [2.05, 4.69) is 15.9 Å². The van der Waals surface area contributed by atoms with Gasteiger partial charge in [-0.05, 0) is 72.5 Å². The van der Waals surface area contributed by atoms with E-state index in [9.17, 15) is 14.0 Å². The molecule has 2 aromatic rings. The second-order valence-corrected chi connectivity index (χ2v) is 9.81. The van der Waals surface area contributed by atoms with Crippen LogP contribution in [-0.2, 0) is 11.4 Å². The number of nitrogens with zero attached hydrogens (tertiary/aromatic N) is 1. The maximum atomic E-state index is 13.4. The van der Waals surface area contributed by atoms with Crippen molar-refractivity contribution in [1.29, 1.82) is 0 Å². The lowest BCUT2D eigenvalue weighted by Crippen LogP contribution is -2.34. The number of amides is 2. The van der Waals surface area contributed by atoms with Crippen LogP contribution in [0.3, 0.4) is 0 Å². The summed E-state index contributed by atoms with van der Waals surface area (Å²) in [7, 11) is 0. The molecule has 1 saturated heterocycles. The number of carbonyl (C=O) groups is 2. The van der Waals surface area contributed by atoms with Crippen LogP contribution in [-0.4, -0.2) is 22.6 Å². The van der Waals surface area contributed by atoms with Crippen molar-refractivity contribution < 1.29 is 18.7 Å². The van der Waals surface area contributed by atoms with Crippen molar-refractivity contribution in [3.05, 3.63) is 68.8 Å². The molecule has 0 aromatic heterocycles. The number of ether oxygens (including phenoxy) is 1. The zero-order valence-corrected chi connectivity index (χ0v) is 19.4. The number of halogens is 2. The molecule has 0 spiro atoms. The SMILES string of the molecule is O=C1S/C(=C/c2cc(Br)ccc2OCc2cccc(F)c2)C(=O)N1CC1CCCCC1. The van der Waals surface area contributed by atoms with Crippen molar-refractivity contribution in [2.45, 2.75) is 38.7 Å². The molecular formula is C24H23BrFNO3S. The average molecular weight is 504 g/mol. The van der Waals surface area contributed by atoms with Crippen molar-refractivity contribution in [2.24, 2.45) is 5.92 Å². The maximum absolute atomic E-state index is 13.4. The van der Waals surface area contributed by atoms with Crippen LogP contribution < -0.4 is 4.74 Å². The van der Waals surface area contributed by atoms with E-state index in [1.165, 1.54) is 36.3 Å². The molecule has 0 radical (unpaired) electrons. The van der Waals surface area contributed by atoms with Crippen molar-refractivity contribution in [3.63, 3.8) is 0 Å². The number of hydrogen-bond donors (Lipinski definition) is 0. The van der Waals surface area contributed by atoms with Crippen molar-refractivity contribution >= 4 is 44.9 Å². The summed E-state index contributed by atoms with van der Waals surface area (Å²) in [6.45, 7) is 0.701. The zero-order chi connectivity index (χ0) is 21.8. The quantitative estimate of drug-likeness (QED) is 0.407. The summed E-state index contributed by atoms with van der Waals surface area (Å²) in [5.41, 5.74) is 1.40. The smallest absolute Gasteiger partial charge is 0.293 e. The molecule has 4 rings (SSSR count). The Kier molecular flexibility index (Phi) is 7.13. The van der Waals surface area contributed by atoms with Gasteiger partial charge in [-0.15, -0.1) is 0 Å². The third kappa shape index (κ3) is 5.57. The van der Waals surface area contributed by atoms with Crippen LogP contribution in [0.4, 0.5) is 9.18 Å². The largest absolute Gasteiger partial charge is 0.488 e. The molecule has 0 bridgehead atoms. The first-order chi connectivity index (χ1) is 15.0. The van der Waals surface area contributed by atoms with E-state index >= 15 is 0 Å². The first kappa shape index (κ1) is 22.1. The second-order valence-electron chi connectivity index (χ2n) is 7.90. The van der Waals surface area contributed by atoms with E-state index in [0.29, 0.717) is 34.2 Å². The highest BCUT2D eigenvalue weighted by Crippen LogP contribution is 2.36. The summed E-state index contributed by atoms with van der Waals surface area (Å²) in [4.78, 5) is 27.2. The predicted molar refractivity (Wildman–Crippen MR) is 124 cm³/mol. The average Bonchev–Trinajstić information content (AvgIpc) is 3.01. The minimum absolute atomic E-state index is 0.198. The van der Waals surface area contributed by atoms with Gasteiger partial charge >= 0.3 is 0 Å². The monoisotopic (exact) mass is 503 g/mol. The highest BCUT2D eigenvalue weighted by Gasteiger charge is 2.36. The molecule has 0 unspecified atom stereocenters. The number of imide groups is 1. The second kappa shape index (κ2) is 10.0. The van der Waals surface area contributed by atoms with E-state index in [1.807, 2.05) is 12.1 Å². The maximum Gasteiger partial charge on any atom is 0.293 e. The summed E-state index contributed by atoms with van der Waals surface area (Å²) >= 11 is 4.43. The summed E-state index contributed by atoms with van der Waals surface area (Å²) in [6.07, 6.45) is 7.42. The van der Waals surface area contributed by atoms with Gasteiger partial charge in [-0.2, -0.15) is 0 Å². The zero-order valence-electron chi connectivity index (χ0n) is 17.0. The molecule has 0 N–H and O–H groups in total. The lowest BCUT2D eigenvalue weighted by atomic mass is 9.89. The third-order valence-corrected chi connectivity index (χ3v) is 6.98. The Labute approximate surface area is 194 Å². The Morgan fingerprint density at radius 1 is 1.13 bits per heavy atom. The van der Waals surface area contributed by atoms with Gasteiger partial charge in [0.15, 0.2) is 0 Å². The van der Waals surface area contributed by atoms with Gasteiger partial charge in [0.05, 0.1) is 4.91 Å². The molecule has 2 aliphatic rings. The molecule has 1 aliphatic carbocycles. The van der Waals surface area contributed by atoms with Gasteiger partial charge in [0, 0.05) is 16.6 Å². The Morgan fingerprint density at radius 3 is 2.71 bits per heavy atom. The van der Waals surface area contributed by atoms with Crippen LogP contribution in [0.25, 0.3) is 6.08 Å². The van der Waals surface area contributed by atoms with E-state index in [0.717, 1.165) is 29.1 Å². The van der Waals surface area contributed by atoms with Crippen LogP contribution in [0.2, 0.25) is 0 Å². The van der Waals surface area contributed by atoms with Crippen LogP contribution in [0, 0.1) is 11.7 Å². The van der Waals surface area contributed by atoms with Crippen molar-refractivity contribution in [2.75, 3.05) is 6.54 Å². The highest BCUT2D eigenvalue weighted by molar-refractivity contribution is 9.10. The Bertz CT molecular complexity index is 1020. The normalized spacial score (nSPS) is 18.8. The van der Waals surface area contributed by atoms with Crippen LogP contribution in [0.1, 0.15) is 43.2 Å². The highest BCUT2D eigenvalue weighted by atomic mass is 79.9. The van der Waals surface area contributed by atoms with E-state index < -0.39 is 0 Å². The van der Waals surface area contributed by atoms with Crippen molar-refractivity contribution in [1.82, 2.24) is 4.90 Å². The van der Waals surface area contributed by atoms with Crippen LogP contribution >= 0.6 is 27.7 Å². The van der Waals surface area contributed by atoms with E-state index in [4.69, 9.17) is 4.74 Å². The van der Waals surface area contributed by atoms with Crippen LogP contribution in [0.5, 0.6) is 5.75 Å². The molecule has 162 valence electrons. The number of thioether (sulfide) groups is 1. The lowest BCUT2D eigenvalue weighted by Gasteiger charge is -2.25. The van der Waals surface area contributed by atoms with Crippen LogP contribution in [0.15, 0.2) is 51.8 Å². The predicted octanol–water partition coefficient (Wildman–Crippen LogP) is 6.78. The van der Waals surface area contributed by atoms with Gasteiger partial charge in [0.1, 0.15) is 18.2 Å². The minimum Gasteiger partial charge on any atom is -0.488 e. The summed E-state index contributed by atoms with van der Waals surface area (Å²) in [5.74, 6) is 0.407. The molecule has 7 heteroatoms. The molecule has 2 fully saturated rings. The van der Waals surface area contributed by atoms with Crippen molar-refractivity contribution in [3.8, 4) is 5.75 Å². The van der Waals surface area contributed by atoms with Gasteiger partial charge in [-0.3, -0.25) is 14.5 Å². The lowest BCUT2D eigenvalue weighted by molar-refractivity contribution is -0.123. The van der Waals surface area contributed by atoms with Gasteiger partial charge in [-0.25, -0.2) is 4.39 Å².